The first kappa shape index (κ1) is 14.5. The molecule has 0 bridgehead atoms. The maximum Gasteiger partial charge on any atom is 0.0701 e. The van der Waals surface area contributed by atoms with Gasteiger partial charge in [0, 0.05) is 4.88 Å². The van der Waals surface area contributed by atoms with Gasteiger partial charge >= 0.3 is 0 Å². The van der Waals surface area contributed by atoms with Crippen molar-refractivity contribution in [3.05, 3.63) is 20.8 Å². The van der Waals surface area contributed by atoms with Crippen LogP contribution in [0.3, 0.4) is 0 Å². The molecule has 3 heteroatoms. The normalized spacial score (nSPS) is 18.3. The molecule has 1 N–H and O–H groups in total. The summed E-state index contributed by atoms with van der Waals surface area (Å²) in [6.45, 7) is 4.50. The molecule has 0 unspecified atom stereocenters. The molecule has 1 heterocycles. The summed E-state index contributed by atoms with van der Waals surface area (Å²) < 4.78 is 1.27. The molecule has 0 spiro atoms. The summed E-state index contributed by atoms with van der Waals surface area (Å²) in [7, 11) is 0. The molecule has 18 heavy (non-hydrogen) atoms. The second-order valence-electron chi connectivity index (χ2n) is 5.52. The van der Waals surface area contributed by atoms with Crippen molar-refractivity contribution in [2.24, 2.45) is 5.41 Å². The molecule has 1 fully saturated rings. The molecule has 1 aromatic rings. The molecule has 1 aliphatic rings. The van der Waals surface area contributed by atoms with E-state index in [0.29, 0.717) is 5.41 Å². The van der Waals surface area contributed by atoms with Crippen molar-refractivity contribution in [1.29, 1.82) is 0 Å². The van der Waals surface area contributed by atoms with Gasteiger partial charge < -0.3 is 5.32 Å². The van der Waals surface area contributed by atoms with Crippen LogP contribution < -0.4 is 5.32 Å². The zero-order chi connectivity index (χ0) is 12.8. The first-order chi connectivity index (χ1) is 8.74. The quantitative estimate of drug-likeness (QED) is 0.694. The fourth-order valence-electron chi connectivity index (χ4n) is 3.15. The third-order valence-corrected chi connectivity index (χ3v) is 5.96. The van der Waals surface area contributed by atoms with Gasteiger partial charge in [-0.05, 0) is 78.7 Å². The number of thiophene rings is 1. The Morgan fingerprint density at radius 3 is 2.67 bits per heavy atom. The maximum absolute atomic E-state index is 3.56. The van der Waals surface area contributed by atoms with Gasteiger partial charge in [0.1, 0.15) is 0 Å². The topological polar surface area (TPSA) is 12.0 Å². The Labute approximate surface area is 123 Å². The molecule has 0 atom stereocenters. The fourth-order valence-corrected chi connectivity index (χ4v) is 4.64. The Bertz CT molecular complexity index is 355. The highest BCUT2D eigenvalue weighted by Gasteiger charge is 2.32. The van der Waals surface area contributed by atoms with Crippen LogP contribution in [0.4, 0.5) is 0 Å². The van der Waals surface area contributed by atoms with Crippen molar-refractivity contribution >= 4 is 27.3 Å². The second-order valence-corrected chi connectivity index (χ2v) is 8.06. The summed E-state index contributed by atoms with van der Waals surface area (Å²) in [4.78, 5) is 1.54. The summed E-state index contributed by atoms with van der Waals surface area (Å²) in [5.41, 5.74) is 0.638. The molecule has 0 aliphatic heterocycles. The van der Waals surface area contributed by atoms with Crippen molar-refractivity contribution in [3.63, 3.8) is 0 Å². The van der Waals surface area contributed by atoms with Gasteiger partial charge in [-0.15, -0.1) is 11.3 Å². The van der Waals surface area contributed by atoms with Crippen LogP contribution in [0.1, 0.15) is 50.3 Å². The lowest BCUT2D eigenvalue weighted by Crippen LogP contribution is -2.25. The maximum atomic E-state index is 3.56. The van der Waals surface area contributed by atoms with Crippen LogP contribution in [0.15, 0.2) is 15.9 Å². The van der Waals surface area contributed by atoms with E-state index in [4.69, 9.17) is 0 Å². The van der Waals surface area contributed by atoms with Crippen LogP contribution in [0.25, 0.3) is 0 Å². The van der Waals surface area contributed by atoms with E-state index >= 15 is 0 Å². The Hall–Kier alpha value is 0.140. The largest absolute Gasteiger partial charge is 0.317 e. The first-order valence-corrected chi connectivity index (χ1v) is 8.80. The van der Waals surface area contributed by atoms with Gasteiger partial charge in [0.15, 0.2) is 0 Å². The number of rotatable bonds is 7. The highest BCUT2D eigenvalue weighted by atomic mass is 79.9. The lowest BCUT2D eigenvalue weighted by Gasteiger charge is -2.29. The van der Waals surface area contributed by atoms with E-state index in [9.17, 15) is 0 Å². The van der Waals surface area contributed by atoms with E-state index in [1.165, 1.54) is 60.2 Å². The van der Waals surface area contributed by atoms with Crippen LogP contribution in [0.2, 0.25) is 0 Å². The molecule has 1 aliphatic carbocycles. The molecule has 0 saturated heterocycles. The van der Waals surface area contributed by atoms with E-state index in [1.807, 2.05) is 11.3 Å². The number of halogens is 1. The lowest BCUT2D eigenvalue weighted by atomic mass is 9.78. The summed E-state index contributed by atoms with van der Waals surface area (Å²) in [5, 5.41) is 3.50. The van der Waals surface area contributed by atoms with Crippen LogP contribution in [0.5, 0.6) is 0 Å². The number of hydrogen-bond acceptors (Lipinski definition) is 2. The predicted octanol–water partition coefficient (Wildman–Crippen LogP) is 5.00. The molecule has 0 amide bonds. The fraction of sp³-hybridized carbons (Fsp3) is 0.733. The zero-order valence-corrected chi connectivity index (χ0v) is 13.7. The Morgan fingerprint density at radius 2 is 2.06 bits per heavy atom. The standard InChI is InChI=1S/C15H24BrNS/c1-2-17-12-11-15(8-3-4-9-15)10-7-13-5-6-14(16)18-13/h5-6,17H,2-4,7-12H2,1H3. The molecular weight excluding hydrogens is 306 g/mol. The molecular formula is C15H24BrNS. The lowest BCUT2D eigenvalue weighted by molar-refractivity contribution is 0.246. The predicted molar refractivity (Wildman–Crippen MR) is 84.4 cm³/mol. The van der Waals surface area contributed by atoms with Gasteiger partial charge in [0.05, 0.1) is 3.79 Å². The van der Waals surface area contributed by atoms with E-state index in [2.05, 4.69) is 40.3 Å². The van der Waals surface area contributed by atoms with Gasteiger partial charge in [-0.2, -0.15) is 0 Å². The van der Waals surface area contributed by atoms with Gasteiger partial charge in [-0.1, -0.05) is 19.8 Å². The van der Waals surface area contributed by atoms with Crippen LogP contribution in [-0.2, 0) is 6.42 Å². The highest BCUT2D eigenvalue weighted by molar-refractivity contribution is 9.11. The van der Waals surface area contributed by atoms with Crippen molar-refractivity contribution in [2.75, 3.05) is 13.1 Å². The van der Waals surface area contributed by atoms with Crippen LogP contribution in [-0.4, -0.2) is 13.1 Å². The summed E-state index contributed by atoms with van der Waals surface area (Å²) >= 11 is 5.46. The third-order valence-electron chi connectivity index (χ3n) is 4.28. The molecule has 1 saturated carbocycles. The number of nitrogens with one attached hydrogen (secondary N) is 1. The summed E-state index contributed by atoms with van der Waals surface area (Å²) in [6.07, 6.45) is 9.80. The minimum absolute atomic E-state index is 0.638. The SMILES string of the molecule is CCNCCC1(CCc2ccc(Br)s2)CCCC1. The van der Waals surface area contributed by atoms with E-state index in [-0.39, 0.29) is 0 Å². The van der Waals surface area contributed by atoms with E-state index < -0.39 is 0 Å². The average molecular weight is 330 g/mol. The van der Waals surface area contributed by atoms with E-state index in [0.717, 1.165) is 6.54 Å². The molecule has 102 valence electrons. The minimum Gasteiger partial charge on any atom is -0.317 e. The molecule has 0 radical (unpaired) electrons. The van der Waals surface area contributed by atoms with Gasteiger partial charge in [0.25, 0.3) is 0 Å². The molecule has 0 aromatic carbocycles. The zero-order valence-electron chi connectivity index (χ0n) is 11.3. The molecule has 2 rings (SSSR count). The monoisotopic (exact) mass is 329 g/mol. The van der Waals surface area contributed by atoms with Crippen LogP contribution in [0, 0.1) is 5.41 Å². The Kier molecular flexibility index (Phi) is 5.71. The first-order valence-electron chi connectivity index (χ1n) is 7.19. The van der Waals surface area contributed by atoms with Gasteiger partial charge in [-0.25, -0.2) is 0 Å². The van der Waals surface area contributed by atoms with Gasteiger partial charge in [0.2, 0.25) is 0 Å². The highest BCUT2D eigenvalue weighted by Crippen LogP contribution is 2.45. The number of hydrogen-bond donors (Lipinski definition) is 1. The summed E-state index contributed by atoms with van der Waals surface area (Å²) in [6, 6.07) is 4.46. The Balaban J connectivity index is 1.85. The second kappa shape index (κ2) is 7.06. The van der Waals surface area contributed by atoms with E-state index in [1.54, 1.807) is 0 Å². The molecule has 1 aromatic heterocycles. The van der Waals surface area contributed by atoms with Gasteiger partial charge in [-0.3, -0.25) is 0 Å². The smallest absolute Gasteiger partial charge is 0.0701 e. The molecule has 1 nitrogen and oxygen atoms in total. The summed E-state index contributed by atoms with van der Waals surface area (Å²) in [5.74, 6) is 0. The van der Waals surface area contributed by atoms with Crippen molar-refractivity contribution in [2.45, 2.75) is 51.9 Å². The van der Waals surface area contributed by atoms with Crippen molar-refractivity contribution in [3.8, 4) is 0 Å². The van der Waals surface area contributed by atoms with Crippen molar-refractivity contribution < 1.29 is 0 Å². The van der Waals surface area contributed by atoms with Crippen molar-refractivity contribution in [1.82, 2.24) is 5.32 Å². The van der Waals surface area contributed by atoms with Crippen LogP contribution >= 0.6 is 27.3 Å². The Morgan fingerprint density at radius 1 is 1.28 bits per heavy atom. The number of aryl methyl sites for hydroxylation is 1. The minimum atomic E-state index is 0.638. The third kappa shape index (κ3) is 4.07. The average Bonchev–Trinajstić information content (AvgIpc) is 2.97.